The van der Waals surface area contributed by atoms with Crippen molar-refractivity contribution < 1.29 is 14.2 Å². The van der Waals surface area contributed by atoms with Crippen LogP contribution in [0.3, 0.4) is 0 Å². The molecule has 2 aliphatic heterocycles. The number of hydrogen-bond donors (Lipinski definition) is 0. The number of aryl methyl sites for hydroxylation is 1. The van der Waals surface area contributed by atoms with Crippen molar-refractivity contribution in [1.82, 2.24) is 4.90 Å². The van der Waals surface area contributed by atoms with Crippen LogP contribution in [0.25, 0.3) is 0 Å². The fourth-order valence-corrected chi connectivity index (χ4v) is 3.60. The summed E-state index contributed by atoms with van der Waals surface area (Å²) in [5.74, 6) is 1.63. The van der Waals surface area contributed by atoms with Crippen LogP contribution in [-0.4, -0.2) is 50.5 Å². The van der Waals surface area contributed by atoms with Crippen molar-refractivity contribution in [2.45, 2.75) is 38.7 Å². The Morgan fingerprint density at radius 3 is 2.67 bits per heavy atom. The van der Waals surface area contributed by atoms with Gasteiger partial charge < -0.3 is 14.2 Å². The maximum atomic E-state index is 6.09. The largest absolute Gasteiger partial charge is 0.493 e. The number of likely N-dealkylation sites (tertiary alicyclic amines) is 1. The Labute approximate surface area is 145 Å². The molecule has 0 aliphatic carbocycles. The van der Waals surface area contributed by atoms with Crippen LogP contribution in [0.5, 0.6) is 11.5 Å². The van der Waals surface area contributed by atoms with Crippen LogP contribution < -0.4 is 9.47 Å². The van der Waals surface area contributed by atoms with Crippen LogP contribution in [0.1, 0.15) is 31.7 Å². The average Bonchev–Trinajstić information content (AvgIpc) is 2.58. The molecule has 4 nitrogen and oxygen atoms in total. The molecular weight excluding hydrogens is 302 g/mol. The van der Waals surface area contributed by atoms with E-state index < -0.39 is 0 Å². The van der Waals surface area contributed by atoms with Gasteiger partial charge in [0.1, 0.15) is 6.61 Å². The second kappa shape index (κ2) is 7.58. The molecule has 132 valence electrons. The molecule has 0 aromatic heterocycles. The molecule has 0 saturated carbocycles. The second-order valence-electron chi connectivity index (χ2n) is 7.00. The van der Waals surface area contributed by atoms with Crippen LogP contribution in [0.2, 0.25) is 0 Å². The molecule has 1 saturated heterocycles. The van der Waals surface area contributed by atoms with E-state index in [-0.39, 0.29) is 5.60 Å². The molecule has 0 N–H and O–H groups in total. The van der Waals surface area contributed by atoms with Crippen LogP contribution in [-0.2, 0) is 4.74 Å². The van der Waals surface area contributed by atoms with E-state index in [2.05, 4.69) is 30.9 Å². The standard InChI is InChI=1S/C20H29NO3/c1-16-4-5-18(19(14-16)22-3)23-13-11-21-9-7-20(8-10-21)15-17(2)6-12-24-20/h4-5,14-15H,6-13H2,1-3H3. The van der Waals surface area contributed by atoms with Crippen molar-refractivity contribution >= 4 is 0 Å². The van der Waals surface area contributed by atoms with E-state index in [0.717, 1.165) is 57.0 Å². The van der Waals surface area contributed by atoms with Crippen molar-refractivity contribution in [3.8, 4) is 11.5 Å². The monoisotopic (exact) mass is 331 g/mol. The number of hydrogen-bond acceptors (Lipinski definition) is 4. The van der Waals surface area contributed by atoms with E-state index in [0.29, 0.717) is 6.61 Å². The van der Waals surface area contributed by atoms with Crippen LogP contribution in [0.4, 0.5) is 0 Å². The Kier molecular flexibility index (Phi) is 5.47. The third-order valence-corrected chi connectivity index (χ3v) is 5.08. The fraction of sp³-hybridized carbons (Fsp3) is 0.600. The van der Waals surface area contributed by atoms with Gasteiger partial charge >= 0.3 is 0 Å². The summed E-state index contributed by atoms with van der Waals surface area (Å²) in [6.45, 7) is 8.91. The molecule has 1 fully saturated rings. The minimum Gasteiger partial charge on any atom is -0.493 e. The molecule has 0 atom stereocenters. The van der Waals surface area contributed by atoms with Crippen molar-refractivity contribution in [1.29, 1.82) is 0 Å². The van der Waals surface area contributed by atoms with Crippen molar-refractivity contribution in [3.05, 3.63) is 35.4 Å². The molecule has 4 heteroatoms. The summed E-state index contributed by atoms with van der Waals surface area (Å²) in [6, 6.07) is 6.05. The lowest BCUT2D eigenvalue weighted by Crippen LogP contribution is -2.47. The maximum absolute atomic E-state index is 6.09. The third-order valence-electron chi connectivity index (χ3n) is 5.08. The predicted molar refractivity (Wildman–Crippen MR) is 96.0 cm³/mol. The molecule has 0 radical (unpaired) electrons. The SMILES string of the molecule is COc1cc(C)ccc1OCCN1CCC2(C=C(C)CCO2)CC1. The third kappa shape index (κ3) is 4.11. The van der Waals surface area contributed by atoms with E-state index in [1.54, 1.807) is 7.11 Å². The minimum absolute atomic E-state index is 0.000131. The summed E-state index contributed by atoms with van der Waals surface area (Å²) >= 11 is 0. The minimum atomic E-state index is -0.000131. The summed E-state index contributed by atoms with van der Waals surface area (Å²) in [6.07, 6.45) is 5.61. The van der Waals surface area contributed by atoms with Gasteiger partial charge in [0.15, 0.2) is 11.5 Å². The van der Waals surface area contributed by atoms with Gasteiger partial charge in [-0.25, -0.2) is 0 Å². The molecule has 1 aromatic rings. The molecule has 0 amide bonds. The summed E-state index contributed by atoms with van der Waals surface area (Å²) in [5, 5.41) is 0. The van der Waals surface area contributed by atoms with Crippen molar-refractivity contribution in [2.75, 3.05) is 40.0 Å². The molecule has 2 heterocycles. The molecule has 1 spiro atoms. The summed E-state index contributed by atoms with van der Waals surface area (Å²) in [7, 11) is 1.69. The van der Waals surface area contributed by atoms with Gasteiger partial charge in [-0.3, -0.25) is 4.90 Å². The molecule has 0 unspecified atom stereocenters. The van der Waals surface area contributed by atoms with Gasteiger partial charge in [0, 0.05) is 19.6 Å². The van der Waals surface area contributed by atoms with Gasteiger partial charge in [0.05, 0.1) is 19.3 Å². The first kappa shape index (κ1) is 17.3. The summed E-state index contributed by atoms with van der Waals surface area (Å²) in [4.78, 5) is 2.47. The maximum Gasteiger partial charge on any atom is 0.161 e. The van der Waals surface area contributed by atoms with Gasteiger partial charge in [-0.1, -0.05) is 17.7 Å². The van der Waals surface area contributed by atoms with Gasteiger partial charge in [0.2, 0.25) is 0 Å². The number of piperidine rings is 1. The normalized spacial score (nSPS) is 20.7. The lowest BCUT2D eigenvalue weighted by Gasteiger charge is -2.42. The molecule has 0 bridgehead atoms. The highest BCUT2D eigenvalue weighted by Gasteiger charge is 2.35. The first-order valence-electron chi connectivity index (χ1n) is 8.92. The van der Waals surface area contributed by atoms with E-state index >= 15 is 0 Å². The first-order chi connectivity index (χ1) is 11.6. The molecule has 1 aromatic carbocycles. The number of nitrogens with zero attached hydrogens (tertiary/aromatic N) is 1. The molecular formula is C20H29NO3. The zero-order valence-corrected chi connectivity index (χ0v) is 15.1. The number of methoxy groups -OCH3 is 1. The molecule has 2 aliphatic rings. The van der Waals surface area contributed by atoms with Gasteiger partial charge in [-0.05, 0) is 50.8 Å². The highest BCUT2D eigenvalue weighted by Crippen LogP contribution is 2.33. The highest BCUT2D eigenvalue weighted by atomic mass is 16.5. The zero-order chi connectivity index (χ0) is 17.0. The van der Waals surface area contributed by atoms with Crippen molar-refractivity contribution in [3.63, 3.8) is 0 Å². The van der Waals surface area contributed by atoms with Gasteiger partial charge in [0.25, 0.3) is 0 Å². The summed E-state index contributed by atoms with van der Waals surface area (Å²) < 4.78 is 17.4. The first-order valence-corrected chi connectivity index (χ1v) is 8.92. The summed E-state index contributed by atoms with van der Waals surface area (Å²) in [5.41, 5.74) is 2.65. The fourth-order valence-electron chi connectivity index (χ4n) is 3.60. The molecule has 3 rings (SSSR count). The Bertz CT molecular complexity index is 589. The van der Waals surface area contributed by atoms with E-state index in [9.17, 15) is 0 Å². The van der Waals surface area contributed by atoms with Crippen molar-refractivity contribution in [2.24, 2.45) is 0 Å². The Morgan fingerprint density at radius 2 is 1.96 bits per heavy atom. The lowest BCUT2D eigenvalue weighted by atomic mass is 9.87. The molecule has 24 heavy (non-hydrogen) atoms. The Balaban J connectivity index is 1.47. The predicted octanol–water partition coefficient (Wildman–Crippen LogP) is 3.58. The van der Waals surface area contributed by atoms with Crippen LogP contribution in [0.15, 0.2) is 29.8 Å². The Hall–Kier alpha value is -1.52. The lowest BCUT2D eigenvalue weighted by molar-refractivity contribution is -0.0575. The Morgan fingerprint density at radius 1 is 1.17 bits per heavy atom. The topological polar surface area (TPSA) is 30.9 Å². The number of rotatable bonds is 5. The number of ether oxygens (including phenoxy) is 3. The van der Waals surface area contributed by atoms with Crippen LogP contribution >= 0.6 is 0 Å². The van der Waals surface area contributed by atoms with Gasteiger partial charge in [-0.2, -0.15) is 0 Å². The van der Waals surface area contributed by atoms with Crippen LogP contribution in [0, 0.1) is 6.92 Å². The smallest absolute Gasteiger partial charge is 0.161 e. The van der Waals surface area contributed by atoms with E-state index in [1.807, 2.05) is 12.1 Å². The number of benzene rings is 1. The quantitative estimate of drug-likeness (QED) is 0.772. The second-order valence-corrected chi connectivity index (χ2v) is 7.00. The zero-order valence-electron chi connectivity index (χ0n) is 15.1. The highest BCUT2D eigenvalue weighted by molar-refractivity contribution is 5.42. The van der Waals surface area contributed by atoms with E-state index in [4.69, 9.17) is 14.2 Å². The van der Waals surface area contributed by atoms with E-state index in [1.165, 1.54) is 11.1 Å². The van der Waals surface area contributed by atoms with Gasteiger partial charge in [-0.15, -0.1) is 0 Å². The average molecular weight is 331 g/mol.